The molecule has 1 aliphatic rings. The van der Waals surface area contributed by atoms with Crippen molar-refractivity contribution in [1.82, 2.24) is 29.3 Å². The smallest absolute Gasteiger partial charge is 0.160 e. The molecule has 3 aromatic heterocycles. The van der Waals surface area contributed by atoms with Gasteiger partial charge in [0.05, 0.1) is 17.8 Å². The summed E-state index contributed by atoms with van der Waals surface area (Å²) in [6, 6.07) is 6.02. The fraction of sp³-hybridized carbons (Fsp3) is 0.438. The third kappa shape index (κ3) is 3.09. The zero-order valence-corrected chi connectivity index (χ0v) is 13.6. The minimum atomic E-state index is 0.433. The van der Waals surface area contributed by atoms with E-state index in [0.29, 0.717) is 10.9 Å². The summed E-state index contributed by atoms with van der Waals surface area (Å²) >= 11 is 5.91. The molecular weight excluding hydrogens is 312 g/mol. The highest BCUT2D eigenvalue weighted by Crippen LogP contribution is 2.25. The highest BCUT2D eigenvalue weighted by molar-refractivity contribution is 6.30. The number of pyridine rings is 1. The van der Waals surface area contributed by atoms with E-state index in [1.807, 2.05) is 29.1 Å². The topological polar surface area (TPSA) is 51.2 Å². The van der Waals surface area contributed by atoms with Crippen LogP contribution in [-0.2, 0) is 6.54 Å². The second-order valence-electron chi connectivity index (χ2n) is 6.05. The molecule has 0 aromatic carbocycles. The number of piperidine rings is 1. The summed E-state index contributed by atoms with van der Waals surface area (Å²) in [5, 5.41) is 13.6. The highest BCUT2D eigenvalue weighted by atomic mass is 35.5. The zero-order chi connectivity index (χ0) is 15.6. The molecule has 4 rings (SSSR count). The van der Waals surface area contributed by atoms with Crippen LogP contribution in [0.25, 0.3) is 5.65 Å². The van der Waals surface area contributed by atoms with Gasteiger partial charge in [-0.05, 0) is 31.5 Å². The van der Waals surface area contributed by atoms with Crippen molar-refractivity contribution in [2.24, 2.45) is 0 Å². The van der Waals surface area contributed by atoms with Crippen molar-refractivity contribution in [3.05, 3.63) is 47.6 Å². The SMILES string of the molecule is Clc1cnn(CCN2CCC[C@H](c3nnc4ccccn34)C2)c1. The van der Waals surface area contributed by atoms with Crippen LogP contribution in [-0.4, -0.2) is 48.9 Å². The summed E-state index contributed by atoms with van der Waals surface area (Å²) in [5.74, 6) is 1.51. The lowest BCUT2D eigenvalue weighted by Gasteiger charge is -2.31. The van der Waals surface area contributed by atoms with Crippen LogP contribution in [0.2, 0.25) is 5.02 Å². The van der Waals surface area contributed by atoms with Crippen LogP contribution >= 0.6 is 11.6 Å². The van der Waals surface area contributed by atoms with E-state index in [0.717, 1.165) is 37.7 Å². The molecule has 4 heterocycles. The van der Waals surface area contributed by atoms with E-state index in [-0.39, 0.29) is 0 Å². The molecule has 0 spiro atoms. The molecule has 3 aromatic rings. The third-order valence-corrected chi connectivity index (χ3v) is 4.65. The summed E-state index contributed by atoms with van der Waals surface area (Å²) in [5.41, 5.74) is 0.922. The van der Waals surface area contributed by atoms with Gasteiger partial charge in [0.25, 0.3) is 0 Å². The molecule has 1 atom stereocenters. The van der Waals surface area contributed by atoms with Crippen molar-refractivity contribution < 1.29 is 0 Å². The fourth-order valence-corrected chi connectivity index (χ4v) is 3.47. The predicted octanol–water partition coefficient (Wildman–Crippen LogP) is 2.46. The zero-order valence-electron chi connectivity index (χ0n) is 12.8. The standard InChI is InChI=1S/C16H19ClN6/c17-14-10-18-22(12-14)9-8-21-6-3-4-13(11-21)16-20-19-15-5-1-2-7-23(15)16/h1-2,5,7,10,12-13H,3-4,6,8-9,11H2/t13-/m0/s1. The lowest BCUT2D eigenvalue weighted by atomic mass is 9.97. The van der Waals surface area contributed by atoms with Crippen molar-refractivity contribution in [1.29, 1.82) is 0 Å². The van der Waals surface area contributed by atoms with E-state index in [1.54, 1.807) is 6.20 Å². The van der Waals surface area contributed by atoms with Crippen LogP contribution in [0.5, 0.6) is 0 Å². The van der Waals surface area contributed by atoms with Gasteiger partial charge in [0.1, 0.15) is 5.82 Å². The molecule has 0 bridgehead atoms. The quantitative estimate of drug-likeness (QED) is 0.737. The Morgan fingerprint density at radius 1 is 1.22 bits per heavy atom. The van der Waals surface area contributed by atoms with Crippen LogP contribution in [0, 0.1) is 0 Å². The molecular formula is C16H19ClN6. The Balaban J connectivity index is 1.44. The van der Waals surface area contributed by atoms with Crippen molar-refractivity contribution >= 4 is 17.2 Å². The molecule has 0 aliphatic carbocycles. The Labute approximate surface area is 139 Å². The third-order valence-electron chi connectivity index (χ3n) is 4.46. The molecule has 0 radical (unpaired) electrons. The Morgan fingerprint density at radius 2 is 2.17 bits per heavy atom. The summed E-state index contributed by atoms with van der Waals surface area (Å²) < 4.78 is 4.01. The summed E-state index contributed by atoms with van der Waals surface area (Å²) in [7, 11) is 0. The number of fused-ring (bicyclic) bond motifs is 1. The Hall–Kier alpha value is -1.92. The molecule has 0 saturated carbocycles. The Morgan fingerprint density at radius 3 is 3.04 bits per heavy atom. The van der Waals surface area contributed by atoms with Gasteiger partial charge in [-0.15, -0.1) is 10.2 Å². The molecule has 0 N–H and O–H groups in total. The second-order valence-corrected chi connectivity index (χ2v) is 6.48. The van der Waals surface area contributed by atoms with Crippen LogP contribution in [0.1, 0.15) is 24.6 Å². The lowest BCUT2D eigenvalue weighted by molar-refractivity contribution is 0.194. The maximum absolute atomic E-state index is 5.91. The van der Waals surface area contributed by atoms with Gasteiger partial charge in [-0.3, -0.25) is 9.08 Å². The van der Waals surface area contributed by atoms with Crippen LogP contribution in [0.3, 0.4) is 0 Å². The second kappa shape index (κ2) is 6.29. The van der Waals surface area contributed by atoms with E-state index in [4.69, 9.17) is 11.6 Å². The molecule has 1 saturated heterocycles. The molecule has 120 valence electrons. The lowest BCUT2D eigenvalue weighted by Crippen LogP contribution is -2.37. The minimum Gasteiger partial charge on any atom is -0.301 e. The molecule has 0 amide bonds. The molecule has 1 aliphatic heterocycles. The van der Waals surface area contributed by atoms with E-state index >= 15 is 0 Å². The van der Waals surface area contributed by atoms with E-state index in [9.17, 15) is 0 Å². The monoisotopic (exact) mass is 330 g/mol. The maximum Gasteiger partial charge on any atom is 0.160 e. The number of halogens is 1. The van der Waals surface area contributed by atoms with Crippen LogP contribution in [0.4, 0.5) is 0 Å². The number of rotatable bonds is 4. The Bertz CT molecular complexity index is 795. The first-order valence-corrected chi connectivity index (χ1v) is 8.37. The maximum atomic E-state index is 5.91. The normalized spacial score (nSPS) is 19.4. The van der Waals surface area contributed by atoms with Gasteiger partial charge < -0.3 is 4.90 Å². The summed E-state index contributed by atoms with van der Waals surface area (Å²) in [4.78, 5) is 2.48. The van der Waals surface area contributed by atoms with Gasteiger partial charge in [-0.1, -0.05) is 17.7 Å². The van der Waals surface area contributed by atoms with Crippen molar-refractivity contribution in [2.75, 3.05) is 19.6 Å². The predicted molar refractivity (Wildman–Crippen MR) is 88.6 cm³/mol. The fourth-order valence-electron chi connectivity index (χ4n) is 3.31. The van der Waals surface area contributed by atoms with Crippen molar-refractivity contribution in [2.45, 2.75) is 25.3 Å². The highest BCUT2D eigenvalue weighted by Gasteiger charge is 2.25. The molecule has 0 unspecified atom stereocenters. The number of likely N-dealkylation sites (tertiary alicyclic amines) is 1. The van der Waals surface area contributed by atoms with Gasteiger partial charge in [-0.25, -0.2) is 0 Å². The molecule has 23 heavy (non-hydrogen) atoms. The van der Waals surface area contributed by atoms with E-state index in [1.165, 1.54) is 12.8 Å². The van der Waals surface area contributed by atoms with Crippen molar-refractivity contribution in [3.63, 3.8) is 0 Å². The van der Waals surface area contributed by atoms with E-state index in [2.05, 4.69) is 30.8 Å². The van der Waals surface area contributed by atoms with Gasteiger partial charge in [-0.2, -0.15) is 5.10 Å². The van der Waals surface area contributed by atoms with Crippen molar-refractivity contribution in [3.8, 4) is 0 Å². The number of aromatic nitrogens is 5. The average molecular weight is 331 g/mol. The summed E-state index contributed by atoms with van der Waals surface area (Å²) in [6.07, 6.45) is 7.96. The van der Waals surface area contributed by atoms with Crippen LogP contribution < -0.4 is 0 Å². The average Bonchev–Trinajstić information content (AvgIpc) is 3.19. The van der Waals surface area contributed by atoms with Gasteiger partial charge in [0, 0.05) is 31.4 Å². The minimum absolute atomic E-state index is 0.433. The molecule has 6 nitrogen and oxygen atoms in total. The summed E-state index contributed by atoms with van der Waals surface area (Å²) in [6.45, 7) is 3.98. The Kier molecular flexibility index (Phi) is 4.01. The van der Waals surface area contributed by atoms with Crippen LogP contribution in [0.15, 0.2) is 36.8 Å². The first kappa shape index (κ1) is 14.7. The van der Waals surface area contributed by atoms with Gasteiger partial charge in [0.15, 0.2) is 5.65 Å². The van der Waals surface area contributed by atoms with Gasteiger partial charge >= 0.3 is 0 Å². The number of nitrogens with zero attached hydrogens (tertiary/aromatic N) is 6. The number of hydrogen-bond donors (Lipinski definition) is 0. The molecule has 1 fully saturated rings. The van der Waals surface area contributed by atoms with Gasteiger partial charge in [0.2, 0.25) is 0 Å². The first-order valence-electron chi connectivity index (χ1n) is 7.99. The largest absolute Gasteiger partial charge is 0.301 e. The first-order chi connectivity index (χ1) is 11.3. The number of hydrogen-bond acceptors (Lipinski definition) is 4. The van der Waals surface area contributed by atoms with E-state index < -0.39 is 0 Å². The molecule has 7 heteroatoms.